The van der Waals surface area contributed by atoms with Crippen LogP contribution in [0.4, 0.5) is 0 Å². The van der Waals surface area contributed by atoms with Crippen LogP contribution in [-0.2, 0) is 6.54 Å². The summed E-state index contributed by atoms with van der Waals surface area (Å²) in [7, 11) is 1.56. The fourth-order valence-corrected chi connectivity index (χ4v) is 2.03. The molecule has 3 heterocycles. The molecule has 0 atom stereocenters. The highest BCUT2D eigenvalue weighted by Crippen LogP contribution is 2.10. The molecule has 0 aliphatic carbocycles. The SMILES string of the molecule is COc1ccc(CNC(=O)c2cnn3ccc(C)nc23)cn1. The quantitative estimate of drug-likeness (QED) is 0.786. The second-order valence-corrected chi connectivity index (χ2v) is 4.79. The number of carbonyl (C=O) groups excluding carboxylic acids is 1. The maximum absolute atomic E-state index is 12.3. The van der Waals surface area contributed by atoms with Crippen molar-refractivity contribution >= 4 is 11.6 Å². The van der Waals surface area contributed by atoms with Crippen molar-refractivity contribution in [1.82, 2.24) is 24.9 Å². The number of hydrogen-bond donors (Lipinski definition) is 1. The lowest BCUT2D eigenvalue weighted by molar-refractivity contribution is 0.0952. The second-order valence-electron chi connectivity index (χ2n) is 4.79. The topological polar surface area (TPSA) is 81.4 Å². The molecule has 0 saturated heterocycles. The van der Waals surface area contributed by atoms with Gasteiger partial charge in [-0.15, -0.1) is 0 Å². The number of nitrogens with one attached hydrogen (secondary N) is 1. The molecule has 0 unspecified atom stereocenters. The van der Waals surface area contributed by atoms with E-state index in [1.165, 1.54) is 6.20 Å². The molecule has 0 aliphatic heterocycles. The minimum absolute atomic E-state index is 0.219. The van der Waals surface area contributed by atoms with E-state index in [1.54, 1.807) is 30.1 Å². The van der Waals surface area contributed by atoms with Gasteiger partial charge in [-0.25, -0.2) is 14.5 Å². The predicted octanol–water partition coefficient (Wildman–Crippen LogP) is 1.37. The van der Waals surface area contributed by atoms with Crippen LogP contribution in [0.2, 0.25) is 0 Å². The predicted molar refractivity (Wildman–Crippen MR) is 79.7 cm³/mol. The summed E-state index contributed by atoms with van der Waals surface area (Å²) >= 11 is 0. The fourth-order valence-electron chi connectivity index (χ4n) is 2.03. The number of fused-ring (bicyclic) bond motifs is 1. The van der Waals surface area contributed by atoms with Crippen LogP contribution in [0.25, 0.3) is 5.65 Å². The number of pyridine rings is 1. The molecule has 112 valence electrons. The van der Waals surface area contributed by atoms with Gasteiger partial charge in [0.15, 0.2) is 5.65 Å². The summed E-state index contributed by atoms with van der Waals surface area (Å²) < 4.78 is 6.58. The number of carbonyl (C=O) groups is 1. The Morgan fingerprint density at radius 3 is 2.91 bits per heavy atom. The Morgan fingerprint density at radius 1 is 1.32 bits per heavy atom. The van der Waals surface area contributed by atoms with Gasteiger partial charge in [0.2, 0.25) is 5.88 Å². The van der Waals surface area contributed by atoms with E-state index >= 15 is 0 Å². The number of hydrogen-bond acceptors (Lipinski definition) is 5. The summed E-state index contributed by atoms with van der Waals surface area (Å²) in [6.45, 7) is 2.25. The van der Waals surface area contributed by atoms with E-state index in [2.05, 4.69) is 20.4 Å². The molecule has 0 aliphatic rings. The van der Waals surface area contributed by atoms with Gasteiger partial charge in [-0.3, -0.25) is 4.79 Å². The van der Waals surface area contributed by atoms with Crippen molar-refractivity contribution in [2.24, 2.45) is 0 Å². The molecular weight excluding hydrogens is 282 g/mol. The Kier molecular flexibility index (Phi) is 3.69. The van der Waals surface area contributed by atoms with Crippen LogP contribution in [-0.4, -0.2) is 32.6 Å². The lowest BCUT2D eigenvalue weighted by Crippen LogP contribution is -2.22. The summed E-state index contributed by atoms with van der Waals surface area (Å²) in [6, 6.07) is 5.44. The average molecular weight is 297 g/mol. The van der Waals surface area contributed by atoms with E-state index in [9.17, 15) is 4.79 Å². The number of aryl methyl sites for hydroxylation is 1. The first-order valence-electron chi connectivity index (χ1n) is 6.75. The normalized spacial score (nSPS) is 10.6. The van der Waals surface area contributed by atoms with Gasteiger partial charge in [0, 0.05) is 30.7 Å². The van der Waals surface area contributed by atoms with E-state index in [1.807, 2.05) is 19.1 Å². The first-order chi connectivity index (χ1) is 10.7. The third kappa shape index (κ3) is 2.73. The number of nitrogens with zero attached hydrogens (tertiary/aromatic N) is 4. The van der Waals surface area contributed by atoms with Crippen molar-refractivity contribution < 1.29 is 9.53 Å². The minimum atomic E-state index is -0.219. The third-order valence-corrected chi connectivity index (χ3v) is 3.21. The molecule has 0 aromatic carbocycles. The molecule has 3 aromatic rings. The largest absolute Gasteiger partial charge is 0.481 e. The van der Waals surface area contributed by atoms with Gasteiger partial charge in [-0.2, -0.15) is 5.10 Å². The lowest BCUT2D eigenvalue weighted by Gasteiger charge is -2.05. The first-order valence-corrected chi connectivity index (χ1v) is 6.75. The van der Waals surface area contributed by atoms with E-state index < -0.39 is 0 Å². The second kappa shape index (κ2) is 5.80. The van der Waals surface area contributed by atoms with E-state index in [0.717, 1.165) is 11.3 Å². The monoisotopic (exact) mass is 297 g/mol. The molecule has 0 saturated carbocycles. The number of aromatic nitrogens is 4. The molecule has 0 fully saturated rings. The molecular formula is C15H15N5O2. The van der Waals surface area contributed by atoms with Crippen molar-refractivity contribution in [1.29, 1.82) is 0 Å². The van der Waals surface area contributed by atoms with Crippen molar-refractivity contribution in [3.63, 3.8) is 0 Å². The lowest BCUT2D eigenvalue weighted by atomic mass is 10.2. The van der Waals surface area contributed by atoms with E-state index in [0.29, 0.717) is 23.6 Å². The Bertz CT molecular complexity index is 810. The zero-order valence-corrected chi connectivity index (χ0v) is 12.3. The average Bonchev–Trinajstić information content (AvgIpc) is 2.96. The van der Waals surface area contributed by atoms with Crippen LogP contribution in [0, 0.1) is 6.92 Å². The Hall–Kier alpha value is -2.96. The zero-order chi connectivity index (χ0) is 15.5. The van der Waals surface area contributed by atoms with Crippen molar-refractivity contribution in [3.05, 3.63) is 53.6 Å². The highest BCUT2D eigenvalue weighted by atomic mass is 16.5. The maximum atomic E-state index is 12.3. The van der Waals surface area contributed by atoms with Crippen LogP contribution in [0.5, 0.6) is 5.88 Å². The van der Waals surface area contributed by atoms with Gasteiger partial charge in [0.25, 0.3) is 5.91 Å². The van der Waals surface area contributed by atoms with Crippen molar-refractivity contribution in [2.75, 3.05) is 7.11 Å². The Labute approximate surface area is 127 Å². The Balaban J connectivity index is 1.74. The van der Waals surface area contributed by atoms with Gasteiger partial charge in [-0.05, 0) is 18.6 Å². The van der Waals surface area contributed by atoms with E-state index in [-0.39, 0.29) is 5.91 Å². The van der Waals surface area contributed by atoms with Gasteiger partial charge < -0.3 is 10.1 Å². The number of methoxy groups -OCH3 is 1. The van der Waals surface area contributed by atoms with Crippen LogP contribution in [0.15, 0.2) is 36.8 Å². The van der Waals surface area contributed by atoms with Gasteiger partial charge in [0.05, 0.1) is 13.3 Å². The summed E-state index contributed by atoms with van der Waals surface area (Å²) in [5.41, 5.74) is 2.71. The molecule has 1 N–H and O–H groups in total. The fraction of sp³-hybridized carbons (Fsp3) is 0.200. The highest BCUT2D eigenvalue weighted by Gasteiger charge is 2.13. The molecule has 0 spiro atoms. The Morgan fingerprint density at radius 2 is 2.18 bits per heavy atom. The van der Waals surface area contributed by atoms with Crippen molar-refractivity contribution in [3.8, 4) is 5.88 Å². The smallest absolute Gasteiger partial charge is 0.257 e. The van der Waals surface area contributed by atoms with Crippen LogP contribution >= 0.6 is 0 Å². The van der Waals surface area contributed by atoms with Gasteiger partial charge in [0.1, 0.15) is 5.56 Å². The summed E-state index contributed by atoms with van der Waals surface area (Å²) in [5, 5.41) is 6.96. The van der Waals surface area contributed by atoms with Crippen molar-refractivity contribution in [2.45, 2.75) is 13.5 Å². The molecule has 3 aromatic heterocycles. The zero-order valence-electron chi connectivity index (χ0n) is 12.3. The van der Waals surface area contributed by atoms with Gasteiger partial charge in [-0.1, -0.05) is 6.07 Å². The van der Waals surface area contributed by atoms with Crippen LogP contribution in [0.3, 0.4) is 0 Å². The third-order valence-electron chi connectivity index (χ3n) is 3.21. The number of ether oxygens (including phenoxy) is 1. The van der Waals surface area contributed by atoms with Gasteiger partial charge >= 0.3 is 0 Å². The molecule has 7 nitrogen and oxygen atoms in total. The standard InChI is InChI=1S/C15H15N5O2/c1-10-5-6-20-14(19-10)12(9-18-20)15(21)17-8-11-3-4-13(22-2)16-7-11/h3-7,9H,8H2,1-2H3,(H,17,21). The minimum Gasteiger partial charge on any atom is -0.481 e. The molecule has 1 amide bonds. The molecule has 3 rings (SSSR count). The van der Waals surface area contributed by atoms with Crippen LogP contribution in [0.1, 0.15) is 21.6 Å². The molecule has 7 heteroatoms. The number of amides is 1. The highest BCUT2D eigenvalue weighted by molar-refractivity contribution is 5.99. The number of rotatable bonds is 4. The molecule has 0 bridgehead atoms. The molecule has 0 radical (unpaired) electrons. The summed E-state index contributed by atoms with van der Waals surface area (Å²) in [5.74, 6) is 0.321. The first kappa shape index (κ1) is 14.0. The maximum Gasteiger partial charge on any atom is 0.257 e. The molecule has 22 heavy (non-hydrogen) atoms. The van der Waals surface area contributed by atoms with E-state index in [4.69, 9.17) is 4.74 Å². The van der Waals surface area contributed by atoms with Crippen LogP contribution < -0.4 is 10.1 Å². The summed E-state index contributed by atoms with van der Waals surface area (Å²) in [4.78, 5) is 20.7. The summed E-state index contributed by atoms with van der Waals surface area (Å²) in [6.07, 6.45) is 4.96.